The van der Waals surface area contributed by atoms with Crippen molar-refractivity contribution in [3.05, 3.63) is 35.9 Å². The molecule has 6 heteroatoms. The molecule has 31 heavy (non-hydrogen) atoms. The lowest BCUT2D eigenvalue weighted by Gasteiger charge is -2.50. The lowest BCUT2D eigenvalue weighted by atomic mass is 9.57. The van der Waals surface area contributed by atoms with E-state index in [2.05, 4.69) is 24.5 Å². The van der Waals surface area contributed by atoms with Crippen LogP contribution in [0.1, 0.15) is 69.7 Å². The molecular formula is C25H38N2O4. The molecule has 4 atom stereocenters. The molecule has 2 amide bonds. The van der Waals surface area contributed by atoms with E-state index in [1.54, 1.807) is 7.11 Å². The lowest BCUT2D eigenvalue weighted by molar-refractivity contribution is -0.123. The molecule has 0 spiro atoms. The SMILES string of the molecule is COCCNC(=O)CC[C@]12CC[C@](C)(O)C[C@H]1C(C)(C)C[C@@H]2NC(=O)c1ccccc1. The van der Waals surface area contributed by atoms with E-state index in [4.69, 9.17) is 4.74 Å². The Kier molecular flexibility index (Phi) is 7.11. The highest BCUT2D eigenvalue weighted by Crippen LogP contribution is 2.63. The lowest BCUT2D eigenvalue weighted by Crippen LogP contribution is -2.52. The van der Waals surface area contributed by atoms with Crippen molar-refractivity contribution < 1.29 is 19.4 Å². The monoisotopic (exact) mass is 430 g/mol. The van der Waals surface area contributed by atoms with Gasteiger partial charge in [-0.25, -0.2) is 0 Å². The molecule has 2 aliphatic carbocycles. The normalized spacial score (nSPS) is 31.6. The zero-order valence-electron chi connectivity index (χ0n) is 19.4. The van der Waals surface area contributed by atoms with Gasteiger partial charge in [0.1, 0.15) is 0 Å². The Bertz CT molecular complexity index is 777. The Labute approximate surface area is 186 Å². The number of rotatable bonds is 8. The first kappa shape index (κ1) is 23.7. The Morgan fingerprint density at radius 2 is 1.84 bits per heavy atom. The zero-order chi connectivity index (χ0) is 22.7. The van der Waals surface area contributed by atoms with Gasteiger partial charge in [-0.3, -0.25) is 9.59 Å². The minimum absolute atomic E-state index is 0.0142. The van der Waals surface area contributed by atoms with Crippen molar-refractivity contribution in [1.82, 2.24) is 10.6 Å². The van der Waals surface area contributed by atoms with Crippen LogP contribution in [-0.2, 0) is 9.53 Å². The number of hydrogen-bond donors (Lipinski definition) is 3. The van der Waals surface area contributed by atoms with Crippen LogP contribution in [0.2, 0.25) is 0 Å². The Morgan fingerprint density at radius 1 is 1.13 bits per heavy atom. The third-order valence-electron chi connectivity index (χ3n) is 7.62. The number of amides is 2. The molecule has 6 nitrogen and oxygen atoms in total. The van der Waals surface area contributed by atoms with Crippen LogP contribution in [-0.4, -0.2) is 48.8 Å². The van der Waals surface area contributed by atoms with Crippen LogP contribution in [0.4, 0.5) is 0 Å². The van der Waals surface area contributed by atoms with Crippen molar-refractivity contribution in [2.24, 2.45) is 16.7 Å². The van der Waals surface area contributed by atoms with Crippen molar-refractivity contribution in [2.45, 2.75) is 70.9 Å². The molecule has 1 aromatic carbocycles. The number of fused-ring (bicyclic) bond motifs is 1. The van der Waals surface area contributed by atoms with Gasteiger partial charge in [-0.2, -0.15) is 0 Å². The van der Waals surface area contributed by atoms with E-state index in [0.717, 1.165) is 12.8 Å². The van der Waals surface area contributed by atoms with Crippen LogP contribution >= 0.6 is 0 Å². The van der Waals surface area contributed by atoms with Gasteiger partial charge in [-0.15, -0.1) is 0 Å². The summed E-state index contributed by atoms with van der Waals surface area (Å²) in [5.74, 6) is 0.181. The van der Waals surface area contributed by atoms with Gasteiger partial charge in [-0.1, -0.05) is 32.0 Å². The maximum atomic E-state index is 13.0. The molecule has 0 aliphatic heterocycles. The molecule has 2 aliphatic rings. The van der Waals surface area contributed by atoms with Crippen LogP contribution in [0.25, 0.3) is 0 Å². The molecule has 0 unspecified atom stereocenters. The van der Waals surface area contributed by atoms with Crippen LogP contribution in [0.3, 0.4) is 0 Å². The molecular weight excluding hydrogens is 392 g/mol. The first-order chi connectivity index (χ1) is 14.6. The number of methoxy groups -OCH3 is 1. The zero-order valence-corrected chi connectivity index (χ0v) is 19.4. The molecule has 3 N–H and O–H groups in total. The average Bonchev–Trinajstić information content (AvgIpc) is 2.93. The summed E-state index contributed by atoms with van der Waals surface area (Å²) < 4.78 is 5.02. The Hall–Kier alpha value is -1.92. The van der Waals surface area contributed by atoms with E-state index >= 15 is 0 Å². The van der Waals surface area contributed by atoms with Crippen LogP contribution in [0.5, 0.6) is 0 Å². The highest BCUT2D eigenvalue weighted by atomic mass is 16.5. The third kappa shape index (κ3) is 5.29. The molecule has 172 valence electrons. The number of carbonyl (C=O) groups excluding carboxylic acids is 2. The highest BCUT2D eigenvalue weighted by molar-refractivity contribution is 5.94. The van der Waals surface area contributed by atoms with Gasteiger partial charge in [0.05, 0.1) is 12.2 Å². The van der Waals surface area contributed by atoms with Crippen LogP contribution in [0.15, 0.2) is 30.3 Å². The quantitative estimate of drug-likeness (QED) is 0.552. The van der Waals surface area contributed by atoms with E-state index in [0.29, 0.717) is 44.4 Å². The van der Waals surface area contributed by atoms with Gasteiger partial charge in [0.25, 0.3) is 5.91 Å². The minimum Gasteiger partial charge on any atom is -0.390 e. The fraction of sp³-hybridized carbons (Fsp3) is 0.680. The molecule has 2 fully saturated rings. The molecule has 2 saturated carbocycles. The third-order valence-corrected chi connectivity index (χ3v) is 7.62. The van der Waals surface area contributed by atoms with Crippen LogP contribution in [0, 0.1) is 16.7 Å². The Morgan fingerprint density at radius 3 is 2.52 bits per heavy atom. The molecule has 0 heterocycles. The van der Waals surface area contributed by atoms with Gasteiger partial charge in [-0.05, 0) is 67.9 Å². The minimum atomic E-state index is -0.704. The van der Waals surface area contributed by atoms with Crippen LogP contribution < -0.4 is 10.6 Å². The van der Waals surface area contributed by atoms with Crippen molar-refractivity contribution in [3.63, 3.8) is 0 Å². The van der Waals surface area contributed by atoms with E-state index < -0.39 is 5.60 Å². The second kappa shape index (κ2) is 9.29. The number of nitrogens with one attached hydrogen (secondary N) is 2. The Balaban J connectivity index is 1.82. The summed E-state index contributed by atoms with van der Waals surface area (Å²) in [5, 5.41) is 17.1. The summed E-state index contributed by atoms with van der Waals surface area (Å²) in [5.41, 5.74) is -0.288. The first-order valence-corrected chi connectivity index (χ1v) is 11.4. The number of carbonyl (C=O) groups is 2. The van der Waals surface area contributed by atoms with Crippen molar-refractivity contribution in [1.29, 1.82) is 0 Å². The summed E-state index contributed by atoms with van der Waals surface area (Å²) in [6.45, 7) is 7.38. The largest absolute Gasteiger partial charge is 0.390 e. The number of ether oxygens (including phenoxy) is 1. The topological polar surface area (TPSA) is 87.7 Å². The maximum Gasteiger partial charge on any atom is 0.251 e. The maximum absolute atomic E-state index is 13.0. The molecule has 0 radical (unpaired) electrons. The predicted octanol–water partition coefficient (Wildman–Crippen LogP) is 3.30. The number of aliphatic hydroxyl groups is 1. The van der Waals surface area contributed by atoms with Gasteiger partial charge in [0, 0.05) is 31.7 Å². The highest BCUT2D eigenvalue weighted by Gasteiger charge is 2.61. The average molecular weight is 431 g/mol. The second-order valence-electron chi connectivity index (χ2n) is 10.4. The molecule has 0 aromatic heterocycles. The molecule has 1 aromatic rings. The van der Waals surface area contributed by atoms with Crippen molar-refractivity contribution in [3.8, 4) is 0 Å². The van der Waals surface area contributed by atoms with Gasteiger partial charge < -0.3 is 20.5 Å². The van der Waals surface area contributed by atoms with E-state index in [9.17, 15) is 14.7 Å². The van der Waals surface area contributed by atoms with Gasteiger partial charge in [0.15, 0.2) is 0 Å². The fourth-order valence-electron chi connectivity index (χ4n) is 5.99. The summed E-state index contributed by atoms with van der Waals surface area (Å²) >= 11 is 0. The van der Waals surface area contributed by atoms with Crippen molar-refractivity contribution >= 4 is 11.8 Å². The van der Waals surface area contributed by atoms with E-state index in [1.165, 1.54) is 0 Å². The van der Waals surface area contributed by atoms with E-state index in [-0.39, 0.29) is 34.6 Å². The summed E-state index contributed by atoms with van der Waals surface area (Å²) in [6.07, 6.45) is 4.15. The molecule has 0 saturated heterocycles. The second-order valence-corrected chi connectivity index (χ2v) is 10.4. The summed E-state index contributed by atoms with van der Waals surface area (Å²) in [4.78, 5) is 25.5. The van der Waals surface area contributed by atoms with E-state index in [1.807, 2.05) is 37.3 Å². The summed E-state index contributed by atoms with van der Waals surface area (Å²) in [7, 11) is 1.62. The predicted molar refractivity (Wildman–Crippen MR) is 121 cm³/mol. The van der Waals surface area contributed by atoms with Gasteiger partial charge >= 0.3 is 0 Å². The number of hydrogen-bond acceptors (Lipinski definition) is 4. The fourth-order valence-corrected chi connectivity index (χ4v) is 5.99. The first-order valence-electron chi connectivity index (χ1n) is 11.4. The number of benzene rings is 1. The molecule has 3 rings (SSSR count). The standard InChI is InChI=1S/C25H38N2O4/c1-23(2)17-20(27-22(29)18-8-6-5-7-9-18)25(11-10-21(28)26-14-15-31-4)13-12-24(3,30)16-19(23)25/h5-9,19-20,30H,10-17H2,1-4H3,(H,26,28)(H,27,29)/t19-,20-,24-,25-/m0/s1. The van der Waals surface area contributed by atoms with Gasteiger partial charge in [0.2, 0.25) is 5.91 Å². The van der Waals surface area contributed by atoms with Crippen molar-refractivity contribution in [2.75, 3.05) is 20.3 Å². The summed E-state index contributed by atoms with van der Waals surface area (Å²) in [6, 6.07) is 9.27. The smallest absolute Gasteiger partial charge is 0.251 e. The molecule has 0 bridgehead atoms.